The zero-order valence-electron chi connectivity index (χ0n) is 11.8. The predicted molar refractivity (Wildman–Crippen MR) is 84.2 cm³/mol. The molecule has 0 aromatic carbocycles. The smallest absolute Gasteiger partial charge is 0.147 e. The Kier molecular flexibility index (Phi) is 8.69. The van der Waals surface area contributed by atoms with E-state index in [0.29, 0.717) is 41.5 Å². The number of pyridine rings is 1. The van der Waals surface area contributed by atoms with E-state index >= 15 is 0 Å². The molecule has 7 heteroatoms. The van der Waals surface area contributed by atoms with Crippen molar-refractivity contribution in [2.45, 2.75) is 13.3 Å². The Morgan fingerprint density at radius 1 is 1.10 bits per heavy atom. The van der Waals surface area contributed by atoms with Crippen LogP contribution in [-0.4, -0.2) is 45.0 Å². The average molecular weight is 322 g/mol. The molecule has 20 heavy (non-hydrogen) atoms. The monoisotopic (exact) mass is 321 g/mol. The Bertz CT molecular complexity index is 405. The van der Waals surface area contributed by atoms with Gasteiger partial charge in [-0.3, -0.25) is 0 Å². The molecule has 1 aromatic heterocycles. The van der Waals surface area contributed by atoms with E-state index in [1.165, 1.54) is 0 Å². The van der Waals surface area contributed by atoms with Gasteiger partial charge in [0.1, 0.15) is 11.6 Å². The van der Waals surface area contributed by atoms with E-state index in [-0.39, 0.29) is 0 Å². The molecule has 1 rings (SSSR count). The maximum atomic E-state index is 6.10. The highest BCUT2D eigenvalue weighted by molar-refractivity contribution is 6.37. The van der Waals surface area contributed by atoms with Gasteiger partial charge in [0.05, 0.1) is 23.3 Å². The molecule has 1 aromatic rings. The lowest BCUT2D eigenvalue weighted by Crippen LogP contribution is -2.10. The molecule has 1 heterocycles. The second-order valence-electron chi connectivity index (χ2n) is 4.07. The SMILES string of the molecule is CCNc1nc(NCCCOCCOC)c(Cl)cc1Cl. The number of nitrogens with one attached hydrogen (secondary N) is 2. The second-order valence-corrected chi connectivity index (χ2v) is 4.88. The zero-order chi connectivity index (χ0) is 14.8. The average Bonchev–Trinajstić information content (AvgIpc) is 2.42. The second kappa shape index (κ2) is 10.0. The number of nitrogens with zero attached hydrogens (tertiary/aromatic N) is 1. The van der Waals surface area contributed by atoms with Crippen molar-refractivity contribution in [1.29, 1.82) is 0 Å². The summed E-state index contributed by atoms with van der Waals surface area (Å²) in [5, 5.41) is 7.29. The van der Waals surface area contributed by atoms with Crippen LogP contribution >= 0.6 is 23.2 Å². The molecule has 0 aliphatic rings. The van der Waals surface area contributed by atoms with E-state index in [1.54, 1.807) is 13.2 Å². The van der Waals surface area contributed by atoms with Crippen LogP contribution in [0.4, 0.5) is 11.6 Å². The number of methoxy groups -OCH3 is 1. The number of anilines is 2. The topological polar surface area (TPSA) is 55.4 Å². The lowest BCUT2D eigenvalue weighted by atomic mass is 10.4. The summed E-state index contributed by atoms with van der Waals surface area (Å²) in [6, 6.07) is 1.69. The molecule has 0 atom stereocenters. The molecule has 0 aliphatic heterocycles. The van der Waals surface area contributed by atoms with Gasteiger partial charge in [-0.15, -0.1) is 0 Å². The molecule has 0 saturated heterocycles. The highest BCUT2D eigenvalue weighted by Crippen LogP contribution is 2.28. The van der Waals surface area contributed by atoms with Crippen LogP contribution in [0, 0.1) is 0 Å². The Balaban J connectivity index is 2.37. The molecule has 0 radical (unpaired) electrons. The molecule has 0 fully saturated rings. The number of aromatic nitrogens is 1. The molecular weight excluding hydrogens is 301 g/mol. The maximum absolute atomic E-state index is 6.10. The Labute approximate surface area is 130 Å². The van der Waals surface area contributed by atoms with Crippen LogP contribution in [0.15, 0.2) is 6.07 Å². The Morgan fingerprint density at radius 2 is 1.80 bits per heavy atom. The molecule has 0 amide bonds. The van der Waals surface area contributed by atoms with Gasteiger partial charge < -0.3 is 20.1 Å². The highest BCUT2D eigenvalue weighted by atomic mass is 35.5. The van der Waals surface area contributed by atoms with Crippen molar-refractivity contribution in [3.05, 3.63) is 16.1 Å². The van der Waals surface area contributed by atoms with Gasteiger partial charge in [0.2, 0.25) is 0 Å². The Morgan fingerprint density at radius 3 is 2.45 bits per heavy atom. The molecular formula is C13H21Cl2N3O2. The van der Waals surface area contributed by atoms with E-state index in [9.17, 15) is 0 Å². The van der Waals surface area contributed by atoms with E-state index in [0.717, 1.165) is 19.5 Å². The van der Waals surface area contributed by atoms with Gasteiger partial charge in [0.15, 0.2) is 0 Å². The summed E-state index contributed by atoms with van der Waals surface area (Å²) in [4.78, 5) is 4.36. The highest BCUT2D eigenvalue weighted by Gasteiger charge is 2.08. The molecule has 0 bridgehead atoms. The first-order valence-corrected chi connectivity index (χ1v) is 7.35. The summed E-state index contributed by atoms with van der Waals surface area (Å²) in [6.45, 7) is 5.36. The summed E-state index contributed by atoms with van der Waals surface area (Å²) >= 11 is 12.1. The standard InChI is InChI=1S/C13H21Cl2N3O2/c1-3-16-12-10(14)9-11(15)13(18-12)17-5-4-6-20-8-7-19-2/h9H,3-8H2,1-2H3,(H2,16,17,18). The third-order valence-corrected chi connectivity index (χ3v) is 3.04. The first-order chi connectivity index (χ1) is 9.69. The summed E-state index contributed by atoms with van der Waals surface area (Å²) in [5.74, 6) is 1.27. The quantitative estimate of drug-likeness (QED) is 0.648. The molecule has 0 aliphatic carbocycles. The molecule has 0 spiro atoms. The van der Waals surface area contributed by atoms with Crippen molar-refractivity contribution in [1.82, 2.24) is 4.98 Å². The van der Waals surface area contributed by atoms with Crippen molar-refractivity contribution in [3.63, 3.8) is 0 Å². The van der Waals surface area contributed by atoms with Gasteiger partial charge in [0.25, 0.3) is 0 Å². The van der Waals surface area contributed by atoms with Crippen molar-refractivity contribution in [3.8, 4) is 0 Å². The van der Waals surface area contributed by atoms with E-state index in [1.807, 2.05) is 6.92 Å². The van der Waals surface area contributed by atoms with Crippen LogP contribution < -0.4 is 10.6 Å². The van der Waals surface area contributed by atoms with Crippen molar-refractivity contribution in [2.24, 2.45) is 0 Å². The summed E-state index contributed by atoms with van der Waals surface area (Å²) in [7, 11) is 1.65. The first-order valence-electron chi connectivity index (χ1n) is 6.59. The van der Waals surface area contributed by atoms with Crippen molar-refractivity contribution < 1.29 is 9.47 Å². The molecule has 114 valence electrons. The lowest BCUT2D eigenvalue weighted by Gasteiger charge is -2.11. The molecule has 0 saturated carbocycles. The van der Waals surface area contributed by atoms with Crippen molar-refractivity contribution in [2.75, 3.05) is 50.7 Å². The van der Waals surface area contributed by atoms with Crippen molar-refractivity contribution >= 4 is 34.8 Å². The number of ether oxygens (including phenoxy) is 2. The van der Waals surface area contributed by atoms with Gasteiger partial charge in [-0.25, -0.2) is 4.98 Å². The van der Waals surface area contributed by atoms with Gasteiger partial charge in [0, 0.05) is 26.8 Å². The van der Waals surface area contributed by atoms with E-state index in [4.69, 9.17) is 32.7 Å². The molecule has 0 unspecified atom stereocenters. The molecule has 2 N–H and O–H groups in total. The minimum Gasteiger partial charge on any atom is -0.382 e. The van der Waals surface area contributed by atoms with Crippen LogP contribution in [0.5, 0.6) is 0 Å². The van der Waals surface area contributed by atoms with Gasteiger partial charge >= 0.3 is 0 Å². The minimum absolute atomic E-state index is 0.511. The van der Waals surface area contributed by atoms with Crippen LogP contribution in [0.2, 0.25) is 10.0 Å². The zero-order valence-corrected chi connectivity index (χ0v) is 13.4. The molecule has 5 nitrogen and oxygen atoms in total. The summed E-state index contributed by atoms with van der Waals surface area (Å²) < 4.78 is 10.3. The lowest BCUT2D eigenvalue weighted by molar-refractivity contribution is 0.0705. The van der Waals surface area contributed by atoms with Crippen LogP contribution in [0.25, 0.3) is 0 Å². The fourth-order valence-electron chi connectivity index (χ4n) is 1.51. The van der Waals surface area contributed by atoms with Crippen LogP contribution in [0.3, 0.4) is 0 Å². The van der Waals surface area contributed by atoms with Gasteiger partial charge in [-0.1, -0.05) is 23.2 Å². The van der Waals surface area contributed by atoms with E-state index < -0.39 is 0 Å². The predicted octanol–water partition coefficient (Wildman–Crippen LogP) is 3.29. The largest absolute Gasteiger partial charge is 0.382 e. The van der Waals surface area contributed by atoms with E-state index in [2.05, 4.69) is 15.6 Å². The number of hydrogen-bond acceptors (Lipinski definition) is 5. The maximum Gasteiger partial charge on any atom is 0.147 e. The third-order valence-electron chi connectivity index (χ3n) is 2.46. The first kappa shape index (κ1) is 17.3. The van der Waals surface area contributed by atoms with Gasteiger partial charge in [-0.05, 0) is 19.4 Å². The number of rotatable bonds is 10. The number of hydrogen-bond donors (Lipinski definition) is 2. The third kappa shape index (κ3) is 6.13. The number of halogens is 2. The summed E-state index contributed by atoms with van der Waals surface area (Å²) in [5.41, 5.74) is 0. The van der Waals surface area contributed by atoms with Gasteiger partial charge in [-0.2, -0.15) is 0 Å². The van der Waals surface area contributed by atoms with Crippen LogP contribution in [-0.2, 0) is 9.47 Å². The minimum atomic E-state index is 0.511. The fourth-order valence-corrected chi connectivity index (χ4v) is 2.00. The van der Waals surface area contributed by atoms with Crippen LogP contribution in [0.1, 0.15) is 13.3 Å². The Hall–Kier alpha value is -0.750. The summed E-state index contributed by atoms with van der Waals surface area (Å²) in [6.07, 6.45) is 0.862. The normalized spacial score (nSPS) is 10.6. The fraction of sp³-hybridized carbons (Fsp3) is 0.615.